The number of aliphatic hydroxyl groups excluding tert-OH is 1. The quantitative estimate of drug-likeness (QED) is 0.734. The molecule has 3 nitrogen and oxygen atoms in total. The van der Waals surface area contributed by atoms with E-state index in [-0.39, 0.29) is 6.61 Å². The van der Waals surface area contributed by atoms with Crippen LogP contribution in [0.3, 0.4) is 0 Å². The molecule has 0 aromatic carbocycles. The number of pyridine rings is 1. The molecule has 0 radical (unpaired) electrons. The maximum absolute atomic E-state index is 8.76. The Kier molecular flexibility index (Phi) is 5.97. The van der Waals surface area contributed by atoms with Gasteiger partial charge in [-0.3, -0.25) is 4.98 Å². The Labute approximate surface area is 91.8 Å². The molecule has 0 saturated heterocycles. The van der Waals surface area contributed by atoms with Gasteiger partial charge in [-0.1, -0.05) is 6.92 Å². The predicted octanol–water partition coefficient (Wildman–Crippen LogP) is 1.33. The van der Waals surface area contributed by atoms with Crippen molar-refractivity contribution < 1.29 is 5.11 Å². The SMILES string of the molecule is CCN(CCCO)CCc1ccncc1. The molecule has 1 aromatic rings. The third-order valence-electron chi connectivity index (χ3n) is 2.55. The van der Waals surface area contributed by atoms with Crippen LogP contribution in [0.25, 0.3) is 0 Å². The van der Waals surface area contributed by atoms with Gasteiger partial charge in [0.25, 0.3) is 0 Å². The van der Waals surface area contributed by atoms with E-state index in [9.17, 15) is 0 Å². The number of aromatic nitrogens is 1. The highest BCUT2D eigenvalue weighted by atomic mass is 16.3. The van der Waals surface area contributed by atoms with Gasteiger partial charge in [-0.05, 0) is 37.1 Å². The first-order chi connectivity index (χ1) is 7.36. The molecule has 0 atom stereocenters. The van der Waals surface area contributed by atoms with Crippen LogP contribution in [0.2, 0.25) is 0 Å². The van der Waals surface area contributed by atoms with E-state index in [0.29, 0.717) is 0 Å². The summed E-state index contributed by atoms with van der Waals surface area (Å²) >= 11 is 0. The summed E-state index contributed by atoms with van der Waals surface area (Å²) in [5, 5.41) is 8.76. The Bertz CT molecular complexity index is 251. The molecule has 1 N–H and O–H groups in total. The Morgan fingerprint density at radius 2 is 2.00 bits per heavy atom. The van der Waals surface area contributed by atoms with Crippen LogP contribution >= 0.6 is 0 Å². The summed E-state index contributed by atoms with van der Waals surface area (Å²) in [6.07, 6.45) is 5.59. The number of rotatable bonds is 7. The first kappa shape index (κ1) is 12.1. The van der Waals surface area contributed by atoms with Crippen molar-refractivity contribution in [1.82, 2.24) is 9.88 Å². The first-order valence-corrected chi connectivity index (χ1v) is 5.59. The van der Waals surface area contributed by atoms with Gasteiger partial charge in [0, 0.05) is 32.1 Å². The lowest BCUT2D eigenvalue weighted by atomic mass is 10.2. The van der Waals surface area contributed by atoms with E-state index >= 15 is 0 Å². The fraction of sp³-hybridized carbons (Fsp3) is 0.583. The summed E-state index contributed by atoms with van der Waals surface area (Å²) in [4.78, 5) is 6.35. The zero-order valence-corrected chi connectivity index (χ0v) is 9.39. The van der Waals surface area contributed by atoms with E-state index in [1.54, 1.807) is 0 Å². The molecule has 3 heteroatoms. The molecule has 0 bridgehead atoms. The van der Waals surface area contributed by atoms with Gasteiger partial charge >= 0.3 is 0 Å². The molecular formula is C12H20N2O. The Balaban J connectivity index is 2.28. The van der Waals surface area contributed by atoms with Gasteiger partial charge in [0.05, 0.1) is 0 Å². The lowest BCUT2D eigenvalue weighted by Gasteiger charge is -2.19. The molecule has 1 aromatic heterocycles. The summed E-state index contributed by atoms with van der Waals surface area (Å²) in [7, 11) is 0. The van der Waals surface area contributed by atoms with Crippen molar-refractivity contribution in [1.29, 1.82) is 0 Å². The second-order valence-corrected chi connectivity index (χ2v) is 3.62. The van der Waals surface area contributed by atoms with E-state index in [1.165, 1.54) is 5.56 Å². The number of nitrogens with zero attached hydrogens (tertiary/aromatic N) is 2. The smallest absolute Gasteiger partial charge is 0.0443 e. The van der Waals surface area contributed by atoms with Gasteiger partial charge < -0.3 is 10.0 Å². The Morgan fingerprint density at radius 1 is 1.27 bits per heavy atom. The summed E-state index contributed by atoms with van der Waals surface area (Å²) < 4.78 is 0. The van der Waals surface area contributed by atoms with Gasteiger partial charge in [0.1, 0.15) is 0 Å². The van der Waals surface area contributed by atoms with Crippen LogP contribution in [-0.2, 0) is 6.42 Å². The first-order valence-electron chi connectivity index (χ1n) is 5.59. The third kappa shape index (κ3) is 4.91. The normalized spacial score (nSPS) is 10.9. The molecule has 0 fully saturated rings. The van der Waals surface area contributed by atoms with Gasteiger partial charge in [-0.15, -0.1) is 0 Å². The van der Waals surface area contributed by atoms with Crippen LogP contribution in [0.15, 0.2) is 24.5 Å². The molecule has 1 rings (SSSR count). The molecule has 0 saturated carbocycles. The standard InChI is InChI=1S/C12H20N2O/c1-2-14(9-3-11-15)10-6-12-4-7-13-8-5-12/h4-5,7-8,15H,2-3,6,9-11H2,1H3. The molecule has 0 aliphatic rings. The molecule has 0 spiro atoms. The minimum absolute atomic E-state index is 0.283. The van der Waals surface area contributed by atoms with Gasteiger partial charge in [-0.25, -0.2) is 0 Å². The highest BCUT2D eigenvalue weighted by Crippen LogP contribution is 2.00. The molecule has 1 heterocycles. The summed E-state index contributed by atoms with van der Waals surface area (Å²) in [6.45, 7) is 5.53. The maximum Gasteiger partial charge on any atom is 0.0443 e. The Morgan fingerprint density at radius 3 is 2.60 bits per heavy atom. The van der Waals surface area contributed by atoms with Crippen molar-refractivity contribution in [2.75, 3.05) is 26.2 Å². The topological polar surface area (TPSA) is 36.4 Å². The molecular weight excluding hydrogens is 188 g/mol. The fourth-order valence-electron chi connectivity index (χ4n) is 1.56. The molecule has 0 aliphatic heterocycles. The fourth-order valence-corrected chi connectivity index (χ4v) is 1.56. The predicted molar refractivity (Wildman–Crippen MR) is 61.8 cm³/mol. The maximum atomic E-state index is 8.76. The molecule has 84 valence electrons. The average Bonchev–Trinajstić information content (AvgIpc) is 2.31. The van der Waals surface area contributed by atoms with Crippen molar-refractivity contribution in [3.05, 3.63) is 30.1 Å². The zero-order chi connectivity index (χ0) is 10.9. The zero-order valence-electron chi connectivity index (χ0n) is 9.39. The summed E-state index contributed by atoms with van der Waals surface area (Å²) in [5.74, 6) is 0. The number of hydrogen-bond donors (Lipinski definition) is 1. The van der Waals surface area contributed by atoms with E-state index in [0.717, 1.165) is 32.5 Å². The van der Waals surface area contributed by atoms with Gasteiger partial charge in [0.2, 0.25) is 0 Å². The van der Waals surface area contributed by atoms with Crippen molar-refractivity contribution in [2.24, 2.45) is 0 Å². The minimum atomic E-state index is 0.283. The lowest BCUT2D eigenvalue weighted by Crippen LogP contribution is -2.27. The molecule has 15 heavy (non-hydrogen) atoms. The van der Waals surface area contributed by atoms with Crippen molar-refractivity contribution in [3.8, 4) is 0 Å². The third-order valence-corrected chi connectivity index (χ3v) is 2.55. The largest absolute Gasteiger partial charge is 0.396 e. The summed E-state index contributed by atoms with van der Waals surface area (Å²) in [6, 6.07) is 4.11. The van der Waals surface area contributed by atoms with Crippen molar-refractivity contribution >= 4 is 0 Å². The Hall–Kier alpha value is -0.930. The second-order valence-electron chi connectivity index (χ2n) is 3.62. The van der Waals surface area contributed by atoms with Crippen LogP contribution in [0, 0.1) is 0 Å². The minimum Gasteiger partial charge on any atom is -0.396 e. The van der Waals surface area contributed by atoms with Gasteiger partial charge in [-0.2, -0.15) is 0 Å². The van der Waals surface area contributed by atoms with Crippen LogP contribution < -0.4 is 0 Å². The lowest BCUT2D eigenvalue weighted by molar-refractivity contribution is 0.231. The monoisotopic (exact) mass is 208 g/mol. The van der Waals surface area contributed by atoms with Crippen LogP contribution in [0.4, 0.5) is 0 Å². The van der Waals surface area contributed by atoms with Crippen LogP contribution in [-0.4, -0.2) is 41.2 Å². The van der Waals surface area contributed by atoms with Crippen molar-refractivity contribution in [2.45, 2.75) is 19.8 Å². The van der Waals surface area contributed by atoms with Crippen molar-refractivity contribution in [3.63, 3.8) is 0 Å². The highest BCUT2D eigenvalue weighted by molar-refractivity contribution is 5.09. The second kappa shape index (κ2) is 7.37. The number of aliphatic hydroxyl groups is 1. The molecule has 0 unspecified atom stereocenters. The van der Waals surface area contributed by atoms with E-state index in [4.69, 9.17) is 5.11 Å². The van der Waals surface area contributed by atoms with Gasteiger partial charge in [0.15, 0.2) is 0 Å². The average molecular weight is 208 g/mol. The number of likely N-dealkylation sites (N-methyl/N-ethyl adjacent to an activating group) is 1. The van der Waals surface area contributed by atoms with E-state index < -0.39 is 0 Å². The molecule has 0 aliphatic carbocycles. The van der Waals surface area contributed by atoms with Crippen LogP contribution in [0.5, 0.6) is 0 Å². The van der Waals surface area contributed by atoms with Crippen LogP contribution in [0.1, 0.15) is 18.9 Å². The highest BCUT2D eigenvalue weighted by Gasteiger charge is 2.01. The molecule has 0 amide bonds. The van der Waals surface area contributed by atoms with E-state index in [2.05, 4.69) is 28.9 Å². The number of hydrogen-bond acceptors (Lipinski definition) is 3. The van der Waals surface area contributed by atoms with E-state index in [1.807, 2.05) is 12.4 Å². The summed E-state index contributed by atoms with van der Waals surface area (Å²) in [5.41, 5.74) is 1.33.